The Hall–Kier alpha value is -1.40. The molecule has 1 aliphatic carbocycles. The predicted octanol–water partition coefficient (Wildman–Crippen LogP) is 2.76. The molecule has 2 N–H and O–H groups in total. The van der Waals surface area contributed by atoms with Crippen LogP contribution < -0.4 is 10.6 Å². The Morgan fingerprint density at radius 1 is 1.19 bits per heavy atom. The minimum absolute atomic E-state index is 0.0316. The molecule has 0 bridgehead atoms. The zero-order valence-corrected chi connectivity index (χ0v) is 17.2. The summed E-state index contributed by atoms with van der Waals surface area (Å²) in [7, 11) is -3.47. The number of carbonyl (C=O) groups excluding carboxylic acids is 1. The van der Waals surface area contributed by atoms with Crippen LogP contribution in [0.2, 0.25) is 0 Å². The second-order valence-corrected chi connectivity index (χ2v) is 10.6. The summed E-state index contributed by atoms with van der Waals surface area (Å²) in [6.45, 7) is 4.95. The van der Waals surface area contributed by atoms with E-state index in [1.54, 1.807) is 0 Å². The van der Waals surface area contributed by atoms with Gasteiger partial charge in [-0.1, -0.05) is 57.4 Å². The summed E-state index contributed by atoms with van der Waals surface area (Å²) in [4.78, 5) is 12.9. The summed E-state index contributed by atoms with van der Waals surface area (Å²) in [6.07, 6.45) is 5.34. The van der Waals surface area contributed by atoms with E-state index in [4.69, 9.17) is 0 Å². The highest BCUT2D eigenvalue weighted by Crippen LogP contribution is 2.29. The summed E-state index contributed by atoms with van der Waals surface area (Å²) in [6, 6.07) is 8.27. The van der Waals surface area contributed by atoms with Gasteiger partial charge in [-0.25, -0.2) is 8.42 Å². The lowest BCUT2D eigenvalue weighted by Gasteiger charge is -2.30. The molecule has 0 radical (unpaired) electrons. The second kappa shape index (κ2) is 8.74. The number of rotatable bonds is 6. The monoisotopic (exact) mass is 392 g/mol. The standard InChI is InChI=1S/C21H32N2O3S/c1-15(2)20(27(25,26)17-9-4-3-5-10-17)21(24)23-14-19-18-11-7-6-8-16(18)12-13-22-19/h6-8,11,15,17,19-20,22H,3-5,9-10,12-14H2,1-2H3,(H,23,24). The summed E-state index contributed by atoms with van der Waals surface area (Å²) >= 11 is 0. The zero-order valence-electron chi connectivity index (χ0n) is 16.4. The first kappa shape index (κ1) is 20.3. The van der Waals surface area contributed by atoms with Crippen molar-refractivity contribution in [3.63, 3.8) is 0 Å². The Kier molecular flexibility index (Phi) is 6.58. The van der Waals surface area contributed by atoms with Crippen molar-refractivity contribution in [3.8, 4) is 0 Å². The number of hydrogen-bond acceptors (Lipinski definition) is 4. The van der Waals surface area contributed by atoms with Crippen LogP contribution in [0.25, 0.3) is 0 Å². The van der Waals surface area contributed by atoms with Crippen molar-refractivity contribution in [3.05, 3.63) is 35.4 Å². The topological polar surface area (TPSA) is 75.3 Å². The Morgan fingerprint density at radius 3 is 2.59 bits per heavy atom. The van der Waals surface area contributed by atoms with Crippen LogP contribution in [0.1, 0.15) is 63.1 Å². The van der Waals surface area contributed by atoms with Crippen molar-refractivity contribution >= 4 is 15.7 Å². The van der Waals surface area contributed by atoms with E-state index >= 15 is 0 Å². The first-order chi connectivity index (χ1) is 12.9. The Balaban J connectivity index is 1.70. The quantitative estimate of drug-likeness (QED) is 0.781. The molecule has 150 valence electrons. The predicted molar refractivity (Wildman–Crippen MR) is 108 cm³/mol. The van der Waals surface area contributed by atoms with Crippen molar-refractivity contribution in [2.24, 2.45) is 5.92 Å². The molecule has 5 nitrogen and oxygen atoms in total. The van der Waals surface area contributed by atoms with Crippen LogP contribution in [0.15, 0.2) is 24.3 Å². The molecule has 1 aromatic rings. The van der Waals surface area contributed by atoms with Crippen LogP contribution >= 0.6 is 0 Å². The molecule has 1 amide bonds. The van der Waals surface area contributed by atoms with Crippen LogP contribution in [0.5, 0.6) is 0 Å². The fourth-order valence-electron chi connectivity index (χ4n) is 4.51. The zero-order chi connectivity index (χ0) is 19.4. The van der Waals surface area contributed by atoms with Gasteiger partial charge in [0.15, 0.2) is 9.84 Å². The SMILES string of the molecule is CC(C)C(C(=O)NCC1NCCc2ccccc21)S(=O)(=O)C1CCCCC1. The molecular formula is C21H32N2O3S. The van der Waals surface area contributed by atoms with E-state index in [1.165, 1.54) is 11.1 Å². The largest absolute Gasteiger partial charge is 0.353 e. The molecule has 1 fully saturated rings. The van der Waals surface area contributed by atoms with Gasteiger partial charge in [-0.2, -0.15) is 0 Å². The third kappa shape index (κ3) is 4.54. The maximum absolute atomic E-state index is 13.1. The molecular weight excluding hydrogens is 360 g/mol. The third-order valence-corrected chi connectivity index (χ3v) is 8.80. The minimum Gasteiger partial charge on any atom is -0.353 e. The Bertz CT molecular complexity index is 754. The molecule has 1 saturated carbocycles. The van der Waals surface area contributed by atoms with E-state index in [9.17, 15) is 13.2 Å². The molecule has 2 atom stereocenters. The molecule has 1 heterocycles. The van der Waals surface area contributed by atoms with Gasteiger partial charge in [0.05, 0.1) is 5.25 Å². The third-order valence-electron chi connectivity index (χ3n) is 5.93. The highest BCUT2D eigenvalue weighted by Gasteiger charge is 2.41. The molecule has 0 aromatic heterocycles. The lowest BCUT2D eigenvalue weighted by Crippen LogP contribution is -2.49. The number of benzene rings is 1. The fourth-order valence-corrected chi connectivity index (χ4v) is 7.06. The van der Waals surface area contributed by atoms with Crippen LogP contribution in [0.4, 0.5) is 0 Å². The smallest absolute Gasteiger partial charge is 0.238 e. The Labute approximate surface area is 163 Å². The van der Waals surface area contributed by atoms with E-state index in [-0.39, 0.29) is 23.1 Å². The van der Waals surface area contributed by atoms with Crippen molar-refractivity contribution < 1.29 is 13.2 Å². The van der Waals surface area contributed by atoms with Gasteiger partial charge in [-0.05, 0) is 42.9 Å². The summed E-state index contributed by atoms with van der Waals surface area (Å²) in [5, 5.41) is 5.05. The van der Waals surface area contributed by atoms with Gasteiger partial charge < -0.3 is 10.6 Å². The fraction of sp³-hybridized carbons (Fsp3) is 0.667. The van der Waals surface area contributed by atoms with Gasteiger partial charge in [0, 0.05) is 12.6 Å². The number of hydrogen-bond donors (Lipinski definition) is 2. The minimum atomic E-state index is -3.47. The molecule has 1 aliphatic heterocycles. The van der Waals surface area contributed by atoms with E-state index in [1.807, 2.05) is 26.0 Å². The van der Waals surface area contributed by atoms with Crippen LogP contribution in [0, 0.1) is 5.92 Å². The molecule has 1 aromatic carbocycles. The van der Waals surface area contributed by atoms with Gasteiger partial charge >= 0.3 is 0 Å². The lowest BCUT2D eigenvalue weighted by atomic mass is 9.94. The maximum Gasteiger partial charge on any atom is 0.238 e. The van der Waals surface area contributed by atoms with E-state index < -0.39 is 15.1 Å². The number of nitrogens with one attached hydrogen (secondary N) is 2. The number of amides is 1. The van der Waals surface area contributed by atoms with Gasteiger partial charge in [-0.3, -0.25) is 4.79 Å². The highest BCUT2D eigenvalue weighted by molar-refractivity contribution is 7.93. The van der Waals surface area contributed by atoms with Gasteiger partial charge in [0.25, 0.3) is 0 Å². The van der Waals surface area contributed by atoms with Gasteiger partial charge in [0.2, 0.25) is 5.91 Å². The van der Waals surface area contributed by atoms with Crippen LogP contribution in [-0.4, -0.2) is 37.9 Å². The number of sulfone groups is 1. The van der Waals surface area contributed by atoms with E-state index in [0.717, 1.165) is 32.2 Å². The maximum atomic E-state index is 13.1. The van der Waals surface area contributed by atoms with E-state index in [2.05, 4.69) is 22.8 Å². The summed E-state index contributed by atoms with van der Waals surface area (Å²) in [5.74, 6) is -0.580. The number of fused-ring (bicyclic) bond motifs is 1. The van der Waals surface area contributed by atoms with Crippen molar-refractivity contribution in [2.45, 2.75) is 68.9 Å². The molecule has 3 rings (SSSR count). The highest BCUT2D eigenvalue weighted by atomic mass is 32.2. The van der Waals surface area contributed by atoms with Crippen LogP contribution in [-0.2, 0) is 21.1 Å². The molecule has 27 heavy (non-hydrogen) atoms. The second-order valence-electron chi connectivity index (χ2n) is 8.21. The van der Waals surface area contributed by atoms with Gasteiger partial charge in [0.1, 0.15) is 5.25 Å². The molecule has 2 unspecified atom stereocenters. The first-order valence-corrected chi connectivity index (χ1v) is 11.8. The van der Waals surface area contributed by atoms with Crippen LogP contribution in [0.3, 0.4) is 0 Å². The Morgan fingerprint density at radius 2 is 1.89 bits per heavy atom. The first-order valence-electron chi connectivity index (χ1n) is 10.2. The normalized spacial score (nSPS) is 22.3. The summed E-state index contributed by atoms with van der Waals surface area (Å²) in [5.41, 5.74) is 2.49. The molecule has 0 spiro atoms. The molecule has 6 heteroatoms. The van der Waals surface area contributed by atoms with Gasteiger partial charge in [-0.15, -0.1) is 0 Å². The molecule has 0 saturated heterocycles. The average Bonchev–Trinajstić information content (AvgIpc) is 2.66. The number of carbonyl (C=O) groups is 1. The van der Waals surface area contributed by atoms with Crippen molar-refractivity contribution in [1.29, 1.82) is 0 Å². The molecule has 2 aliphatic rings. The van der Waals surface area contributed by atoms with E-state index in [0.29, 0.717) is 19.4 Å². The summed E-state index contributed by atoms with van der Waals surface area (Å²) < 4.78 is 26.3. The average molecular weight is 393 g/mol. The van der Waals surface area contributed by atoms with Crippen molar-refractivity contribution in [2.75, 3.05) is 13.1 Å². The van der Waals surface area contributed by atoms with Crippen molar-refractivity contribution in [1.82, 2.24) is 10.6 Å². The lowest BCUT2D eigenvalue weighted by molar-refractivity contribution is -0.121.